The molecule has 5 heteroatoms. The fourth-order valence-corrected chi connectivity index (χ4v) is 2.24. The van der Waals surface area contributed by atoms with Gasteiger partial charge in [0.2, 0.25) is 5.91 Å². The lowest BCUT2D eigenvalue weighted by Gasteiger charge is -2.19. The van der Waals surface area contributed by atoms with E-state index in [-0.39, 0.29) is 19.1 Å². The minimum Gasteiger partial charge on any atom is -0.368 e. The maximum atomic E-state index is 11.1. The molecule has 0 aliphatic rings. The molecule has 2 aromatic carbocycles. The number of rotatable bonds is 6. The predicted molar refractivity (Wildman–Crippen MR) is 82.9 cm³/mol. The maximum absolute atomic E-state index is 11.1. The summed E-state index contributed by atoms with van der Waals surface area (Å²) in [5.41, 5.74) is 3.63. The lowest BCUT2D eigenvalue weighted by Crippen LogP contribution is -2.21. The number of halogens is 1. The molecule has 1 amide bonds. The third kappa shape index (κ3) is 4.67. The van der Waals surface area contributed by atoms with Gasteiger partial charge in [0.25, 0.3) is 0 Å². The number of hydrogen-bond acceptors (Lipinski definition) is 3. The highest BCUT2D eigenvalue weighted by Gasteiger charge is 2.15. The van der Waals surface area contributed by atoms with Crippen LogP contribution in [0.25, 0.3) is 0 Å². The predicted octanol–water partition coefficient (Wildman–Crippen LogP) is 3.45. The van der Waals surface area contributed by atoms with Gasteiger partial charge in [-0.1, -0.05) is 58.4 Å². The van der Waals surface area contributed by atoms with E-state index in [4.69, 9.17) is 9.94 Å². The molecule has 2 rings (SSSR count). The van der Waals surface area contributed by atoms with Crippen molar-refractivity contribution in [2.75, 3.05) is 6.61 Å². The van der Waals surface area contributed by atoms with Gasteiger partial charge in [0, 0.05) is 4.47 Å². The minimum atomic E-state index is -0.461. The van der Waals surface area contributed by atoms with Crippen molar-refractivity contribution >= 4 is 21.8 Å². The zero-order chi connectivity index (χ0) is 15.1. The normalized spacial score (nSPS) is 11.9. The minimum absolute atomic E-state index is 0.108. The van der Waals surface area contributed by atoms with Crippen molar-refractivity contribution in [3.8, 4) is 0 Å². The number of amides is 1. The summed E-state index contributed by atoms with van der Waals surface area (Å²) in [6, 6.07) is 17.7. The second-order valence-corrected chi connectivity index (χ2v) is 5.41. The molecule has 110 valence electrons. The first-order valence-corrected chi connectivity index (χ1v) is 7.35. The Bertz CT molecular complexity index is 572. The zero-order valence-corrected chi connectivity index (χ0v) is 12.9. The van der Waals surface area contributed by atoms with Gasteiger partial charge in [0.1, 0.15) is 6.10 Å². The molecule has 2 aromatic rings. The van der Waals surface area contributed by atoms with Crippen molar-refractivity contribution in [3.05, 3.63) is 70.2 Å². The fraction of sp³-hybridized carbons (Fsp3) is 0.188. The molecule has 0 radical (unpaired) electrons. The highest BCUT2D eigenvalue weighted by molar-refractivity contribution is 9.10. The van der Waals surface area contributed by atoms with E-state index in [1.54, 1.807) is 5.48 Å². The lowest BCUT2D eigenvalue weighted by atomic mass is 10.0. The van der Waals surface area contributed by atoms with Crippen LogP contribution in [-0.4, -0.2) is 17.7 Å². The zero-order valence-electron chi connectivity index (χ0n) is 11.3. The van der Waals surface area contributed by atoms with Crippen molar-refractivity contribution in [1.29, 1.82) is 0 Å². The third-order valence-electron chi connectivity index (χ3n) is 3.01. The Balaban J connectivity index is 2.15. The van der Waals surface area contributed by atoms with Crippen molar-refractivity contribution in [1.82, 2.24) is 5.48 Å². The van der Waals surface area contributed by atoms with Crippen molar-refractivity contribution in [2.24, 2.45) is 0 Å². The lowest BCUT2D eigenvalue weighted by molar-refractivity contribution is -0.130. The monoisotopic (exact) mass is 349 g/mol. The number of carbonyl (C=O) groups excluding carboxylic acids is 1. The second kappa shape index (κ2) is 7.93. The molecule has 0 heterocycles. The molecule has 0 spiro atoms. The smallest absolute Gasteiger partial charge is 0.245 e. The summed E-state index contributed by atoms with van der Waals surface area (Å²) < 4.78 is 6.84. The first kappa shape index (κ1) is 15.7. The number of carbonyl (C=O) groups is 1. The van der Waals surface area contributed by atoms with Crippen molar-refractivity contribution in [3.63, 3.8) is 0 Å². The molecular weight excluding hydrogens is 334 g/mol. The Morgan fingerprint density at radius 2 is 1.71 bits per heavy atom. The largest absolute Gasteiger partial charge is 0.368 e. The van der Waals surface area contributed by atoms with Crippen LogP contribution in [0.5, 0.6) is 0 Å². The number of hydrogen-bond donors (Lipinski definition) is 2. The first-order valence-electron chi connectivity index (χ1n) is 6.55. The molecule has 0 bridgehead atoms. The first-order chi connectivity index (χ1) is 10.2. The van der Waals surface area contributed by atoms with Crippen LogP contribution in [0, 0.1) is 0 Å². The second-order valence-electron chi connectivity index (χ2n) is 4.50. The van der Waals surface area contributed by atoms with Gasteiger partial charge in [-0.15, -0.1) is 0 Å². The quantitative estimate of drug-likeness (QED) is 0.620. The molecule has 0 fully saturated rings. The van der Waals surface area contributed by atoms with E-state index in [1.807, 2.05) is 54.6 Å². The Labute approximate surface area is 131 Å². The van der Waals surface area contributed by atoms with Crippen LogP contribution in [0.4, 0.5) is 0 Å². The van der Waals surface area contributed by atoms with Gasteiger partial charge in [0.15, 0.2) is 0 Å². The van der Waals surface area contributed by atoms with Crippen LogP contribution >= 0.6 is 15.9 Å². The summed E-state index contributed by atoms with van der Waals surface area (Å²) in [5.74, 6) is -0.461. The van der Waals surface area contributed by atoms with Crippen molar-refractivity contribution < 1.29 is 14.7 Å². The number of benzene rings is 2. The van der Waals surface area contributed by atoms with Crippen LogP contribution in [-0.2, 0) is 9.53 Å². The van der Waals surface area contributed by atoms with E-state index in [0.717, 1.165) is 15.6 Å². The van der Waals surface area contributed by atoms with E-state index >= 15 is 0 Å². The fourth-order valence-electron chi connectivity index (χ4n) is 1.98. The van der Waals surface area contributed by atoms with Gasteiger partial charge >= 0.3 is 0 Å². The molecule has 21 heavy (non-hydrogen) atoms. The van der Waals surface area contributed by atoms with Gasteiger partial charge < -0.3 is 4.74 Å². The van der Waals surface area contributed by atoms with Crippen LogP contribution < -0.4 is 5.48 Å². The molecule has 0 aliphatic heterocycles. The number of hydroxylamine groups is 1. The standard InChI is InChI=1S/C16H16BrNO3/c17-14-8-6-13(7-9-14)16(12-4-2-1-3-5-12)21-11-10-15(19)18-20/h1-9,16,20H,10-11H2,(H,18,19). The van der Waals surface area contributed by atoms with Gasteiger partial charge in [0.05, 0.1) is 13.0 Å². The molecule has 0 saturated heterocycles. The van der Waals surface area contributed by atoms with Crippen LogP contribution in [0.3, 0.4) is 0 Å². The van der Waals surface area contributed by atoms with Crippen molar-refractivity contribution in [2.45, 2.75) is 12.5 Å². The third-order valence-corrected chi connectivity index (χ3v) is 3.54. The number of ether oxygens (including phenoxy) is 1. The Kier molecular flexibility index (Phi) is 5.92. The van der Waals surface area contributed by atoms with Crippen LogP contribution in [0.1, 0.15) is 23.7 Å². The Morgan fingerprint density at radius 3 is 2.33 bits per heavy atom. The summed E-state index contributed by atoms with van der Waals surface area (Å²) in [4.78, 5) is 11.1. The molecule has 0 aromatic heterocycles. The van der Waals surface area contributed by atoms with E-state index < -0.39 is 5.91 Å². The average molecular weight is 350 g/mol. The summed E-state index contributed by atoms with van der Waals surface area (Å²) in [6.07, 6.45) is -0.137. The van der Waals surface area contributed by atoms with Crippen LogP contribution in [0.2, 0.25) is 0 Å². The van der Waals surface area contributed by atoms with E-state index in [1.165, 1.54) is 0 Å². The molecule has 1 unspecified atom stereocenters. The topological polar surface area (TPSA) is 58.6 Å². The summed E-state index contributed by atoms with van der Waals surface area (Å²) >= 11 is 3.41. The number of nitrogens with one attached hydrogen (secondary N) is 1. The summed E-state index contributed by atoms with van der Waals surface area (Å²) in [5, 5.41) is 8.50. The van der Waals surface area contributed by atoms with Gasteiger partial charge in [-0.2, -0.15) is 0 Å². The van der Waals surface area contributed by atoms with Crippen LogP contribution in [0.15, 0.2) is 59.1 Å². The highest BCUT2D eigenvalue weighted by atomic mass is 79.9. The molecule has 0 aliphatic carbocycles. The summed E-state index contributed by atoms with van der Waals surface area (Å²) in [6.45, 7) is 0.224. The Hall–Kier alpha value is -1.69. The highest BCUT2D eigenvalue weighted by Crippen LogP contribution is 2.27. The van der Waals surface area contributed by atoms with Gasteiger partial charge in [-0.25, -0.2) is 5.48 Å². The van der Waals surface area contributed by atoms with E-state index in [0.29, 0.717) is 0 Å². The van der Waals surface area contributed by atoms with E-state index in [9.17, 15) is 4.79 Å². The molecule has 2 N–H and O–H groups in total. The molecule has 0 saturated carbocycles. The molecular formula is C16H16BrNO3. The molecule has 4 nitrogen and oxygen atoms in total. The van der Waals surface area contributed by atoms with Gasteiger partial charge in [-0.05, 0) is 23.3 Å². The van der Waals surface area contributed by atoms with Gasteiger partial charge in [-0.3, -0.25) is 10.0 Å². The summed E-state index contributed by atoms with van der Waals surface area (Å²) in [7, 11) is 0. The molecule has 1 atom stereocenters. The Morgan fingerprint density at radius 1 is 1.10 bits per heavy atom. The average Bonchev–Trinajstić information content (AvgIpc) is 2.53. The van der Waals surface area contributed by atoms with E-state index in [2.05, 4.69) is 15.9 Å². The SMILES string of the molecule is O=C(CCOC(c1ccccc1)c1ccc(Br)cc1)NO. The maximum Gasteiger partial charge on any atom is 0.245 e.